The highest BCUT2D eigenvalue weighted by atomic mass is 32.2. The Bertz CT molecular complexity index is 1330. The van der Waals surface area contributed by atoms with Crippen molar-refractivity contribution in [3.05, 3.63) is 89.1 Å². The van der Waals surface area contributed by atoms with Gasteiger partial charge in [-0.25, -0.2) is 4.99 Å². The molecule has 1 heterocycles. The summed E-state index contributed by atoms with van der Waals surface area (Å²) in [7, 11) is 1.61. The van der Waals surface area contributed by atoms with E-state index in [1.807, 2.05) is 80.8 Å². The third kappa shape index (κ3) is 6.01. The van der Waals surface area contributed by atoms with Crippen molar-refractivity contribution in [1.29, 1.82) is 0 Å². The average Bonchev–Trinajstić information content (AvgIpc) is 3.17. The fraction of sp³-hybridized carbons (Fsp3) is 0.179. The van der Waals surface area contributed by atoms with Crippen LogP contribution in [0.4, 0.5) is 11.4 Å². The van der Waals surface area contributed by atoms with Gasteiger partial charge in [-0.2, -0.15) is 0 Å². The standard InChI is InChI=1S/C28H27N3O3S2/c1-18-13-19(2)15-21(14-18)31-27(33)24(16-20-9-11-22(34-3)12-10-20)30-28(31)36-17-26(32)29-23-7-5-6-8-25(23)35-4/h5-16H,17H2,1-4H3,(H,29,32)/b24-16-. The summed E-state index contributed by atoms with van der Waals surface area (Å²) in [4.78, 5) is 33.5. The molecule has 2 amide bonds. The predicted molar refractivity (Wildman–Crippen MR) is 151 cm³/mol. The first-order chi connectivity index (χ1) is 17.4. The summed E-state index contributed by atoms with van der Waals surface area (Å²) >= 11 is 2.81. The minimum atomic E-state index is -0.230. The number of thioether (sulfide) groups is 2. The Kier molecular flexibility index (Phi) is 8.18. The van der Waals surface area contributed by atoms with E-state index in [0.717, 1.165) is 38.7 Å². The summed E-state index contributed by atoms with van der Waals surface area (Å²) in [5.74, 6) is 0.461. The maximum absolute atomic E-state index is 13.5. The van der Waals surface area contributed by atoms with Gasteiger partial charge >= 0.3 is 0 Å². The molecule has 1 aliphatic rings. The average molecular weight is 518 g/mol. The van der Waals surface area contributed by atoms with E-state index in [2.05, 4.69) is 16.4 Å². The fourth-order valence-electron chi connectivity index (χ4n) is 3.82. The number of methoxy groups -OCH3 is 1. The zero-order valence-electron chi connectivity index (χ0n) is 20.6. The molecule has 8 heteroatoms. The zero-order valence-corrected chi connectivity index (χ0v) is 22.2. The molecule has 0 aromatic heterocycles. The quantitative estimate of drug-likeness (QED) is 0.301. The molecule has 0 spiro atoms. The van der Waals surface area contributed by atoms with Crippen LogP contribution < -0.4 is 15.0 Å². The van der Waals surface area contributed by atoms with Crippen LogP contribution in [0.1, 0.15) is 16.7 Å². The number of rotatable bonds is 7. The molecule has 36 heavy (non-hydrogen) atoms. The number of amidine groups is 1. The molecule has 3 aromatic rings. The Morgan fingerprint density at radius 1 is 1.06 bits per heavy atom. The number of aliphatic imine (C=N–C) groups is 1. The first-order valence-electron chi connectivity index (χ1n) is 11.3. The molecule has 0 saturated heterocycles. The monoisotopic (exact) mass is 517 g/mol. The van der Waals surface area contributed by atoms with Gasteiger partial charge in [0.25, 0.3) is 5.91 Å². The molecule has 0 bridgehead atoms. The molecule has 0 fully saturated rings. The van der Waals surface area contributed by atoms with Crippen LogP contribution in [0.3, 0.4) is 0 Å². The number of hydrogen-bond donors (Lipinski definition) is 1. The number of carbonyl (C=O) groups is 2. The lowest BCUT2D eigenvalue weighted by Gasteiger charge is -2.19. The highest BCUT2D eigenvalue weighted by molar-refractivity contribution is 8.14. The van der Waals surface area contributed by atoms with Crippen molar-refractivity contribution in [1.82, 2.24) is 0 Å². The molecule has 184 valence electrons. The molecule has 0 unspecified atom stereocenters. The molecule has 3 aromatic carbocycles. The Morgan fingerprint density at radius 3 is 2.42 bits per heavy atom. The molecule has 0 atom stereocenters. The molecule has 0 radical (unpaired) electrons. The van der Waals surface area contributed by atoms with Gasteiger partial charge in [-0.1, -0.05) is 42.1 Å². The van der Waals surface area contributed by atoms with Crippen LogP contribution in [0.5, 0.6) is 5.75 Å². The van der Waals surface area contributed by atoms with E-state index in [1.165, 1.54) is 11.8 Å². The molecule has 4 rings (SSSR count). The Labute approximate surface area is 219 Å². The number of nitrogens with one attached hydrogen (secondary N) is 1. The second-order valence-corrected chi connectivity index (χ2v) is 10.0. The molecular weight excluding hydrogens is 490 g/mol. The summed E-state index contributed by atoms with van der Waals surface area (Å²) in [6.07, 6.45) is 3.72. The van der Waals surface area contributed by atoms with E-state index in [0.29, 0.717) is 10.9 Å². The first-order valence-corrected chi connectivity index (χ1v) is 13.5. The predicted octanol–water partition coefficient (Wildman–Crippen LogP) is 6.15. The number of nitrogens with zero attached hydrogens (tertiary/aromatic N) is 2. The summed E-state index contributed by atoms with van der Waals surface area (Å²) in [6.45, 7) is 3.98. The number of aryl methyl sites for hydroxylation is 2. The lowest BCUT2D eigenvalue weighted by molar-refractivity contribution is -0.114. The van der Waals surface area contributed by atoms with Crippen LogP contribution in [0.25, 0.3) is 6.08 Å². The van der Waals surface area contributed by atoms with Crippen LogP contribution >= 0.6 is 23.5 Å². The topological polar surface area (TPSA) is 71.0 Å². The van der Waals surface area contributed by atoms with E-state index in [4.69, 9.17) is 4.74 Å². The van der Waals surface area contributed by atoms with Gasteiger partial charge in [0.2, 0.25) is 5.91 Å². The normalized spacial score (nSPS) is 14.2. The van der Waals surface area contributed by atoms with Crippen LogP contribution in [0.15, 0.2) is 82.3 Å². The van der Waals surface area contributed by atoms with Crippen molar-refractivity contribution in [3.8, 4) is 5.75 Å². The molecule has 6 nitrogen and oxygen atoms in total. The third-order valence-electron chi connectivity index (χ3n) is 5.43. The number of para-hydroxylation sites is 1. The summed E-state index contributed by atoms with van der Waals surface area (Å²) in [5, 5.41) is 3.44. The highest BCUT2D eigenvalue weighted by Crippen LogP contribution is 2.31. The van der Waals surface area contributed by atoms with Gasteiger partial charge in [-0.05, 0) is 79.3 Å². The summed E-state index contributed by atoms with van der Waals surface area (Å²) in [5.41, 5.74) is 4.74. The smallest absolute Gasteiger partial charge is 0.283 e. The number of hydrogen-bond acceptors (Lipinski definition) is 6. The Morgan fingerprint density at radius 2 is 1.75 bits per heavy atom. The van der Waals surface area contributed by atoms with Crippen LogP contribution in [-0.2, 0) is 9.59 Å². The lowest BCUT2D eigenvalue weighted by atomic mass is 10.1. The van der Waals surface area contributed by atoms with E-state index >= 15 is 0 Å². The number of benzene rings is 3. The number of carbonyl (C=O) groups excluding carboxylic acids is 2. The Balaban J connectivity index is 1.60. The number of amides is 2. The van der Waals surface area contributed by atoms with E-state index in [9.17, 15) is 9.59 Å². The molecule has 1 N–H and O–H groups in total. The van der Waals surface area contributed by atoms with Gasteiger partial charge in [0.05, 0.1) is 24.2 Å². The van der Waals surface area contributed by atoms with Gasteiger partial charge in [-0.15, -0.1) is 11.8 Å². The van der Waals surface area contributed by atoms with Crippen LogP contribution in [0, 0.1) is 13.8 Å². The second kappa shape index (κ2) is 11.5. The SMILES string of the molecule is COc1ccc(/C=C2\N=C(SCC(=O)Nc3ccccc3SC)N(c3cc(C)cc(C)c3)C2=O)cc1. The van der Waals surface area contributed by atoms with Crippen molar-refractivity contribution in [2.75, 3.05) is 29.3 Å². The van der Waals surface area contributed by atoms with Gasteiger partial charge in [0, 0.05) is 4.90 Å². The van der Waals surface area contributed by atoms with Gasteiger partial charge < -0.3 is 10.1 Å². The lowest BCUT2D eigenvalue weighted by Crippen LogP contribution is -2.31. The van der Waals surface area contributed by atoms with Crippen LogP contribution in [0.2, 0.25) is 0 Å². The van der Waals surface area contributed by atoms with Gasteiger partial charge in [0.1, 0.15) is 11.4 Å². The summed E-state index contributed by atoms with van der Waals surface area (Å²) < 4.78 is 5.22. The molecular formula is C28H27N3O3S2. The van der Waals surface area contributed by atoms with Crippen molar-refractivity contribution in [2.24, 2.45) is 4.99 Å². The van der Waals surface area contributed by atoms with Crippen molar-refractivity contribution in [2.45, 2.75) is 18.7 Å². The highest BCUT2D eigenvalue weighted by Gasteiger charge is 2.32. The maximum atomic E-state index is 13.5. The second-order valence-electron chi connectivity index (χ2n) is 8.22. The summed E-state index contributed by atoms with van der Waals surface area (Å²) in [6, 6.07) is 21.0. The fourth-order valence-corrected chi connectivity index (χ4v) is 5.19. The van der Waals surface area contributed by atoms with Gasteiger partial charge in [0.15, 0.2) is 5.17 Å². The minimum absolute atomic E-state index is 0.117. The van der Waals surface area contributed by atoms with E-state index < -0.39 is 0 Å². The zero-order chi connectivity index (χ0) is 25.7. The minimum Gasteiger partial charge on any atom is -0.497 e. The van der Waals surface area contributed by atoms with Crippen molar-refractivity contribution >= 4 is 58.0 Å². The maximum Gasteiger partial charge on any atom is 0.283 e. The van der Waals surface area contributed by atoms with Crippen molar-refractivity contribution < 1.29 is 14.3 Å². The Hall–Kier alpha value is -3.49. The van der Waals surface area contributed by atoms with E-state index in [1.54, 1.807) is 29.8 Å². The molecule has 0 aliphatic carbocycles. The largest absolute Gasteiger partial charge is 0.497 e. The molecule has 0 saturated carbocycles. The number of anilines is 2. The first kappa shape index (κ1) is 25.6. The number of ether oxygens (including phenoxy) is 1. The van der Waals surface area contributed by atoms with Crippen LogP contribution in [-0.4, -0.2) is 36.1 Å². The molecule has 1 aliphatic heterocycles. The van der Waals surface area contributed by atoms with Crippen molar-refractivity contribution in [3.63, 3.8) is 0 Å². The van der Waals surface area contributed by atoms with E-state index in [-0.39, 0.29) is 17.6 Å². The third-order valence-corrected chi connectivity index (χ3v) is 7.16. The van der Waals surface area contributed by atoms with Gasteiger partial charge in [-0.3, -0.25) is 14.5 Å².